The number of rotatable bonds is 5. The maximum Gasteiger partial charge on any atom is 0.0766 e. The summed E-state index contributed by atoms with van der Waals surface area (Å²) in [4.78, 5) is 0. The maximum atomic E-state index is 4.57. The van der Waals surface area contributed by atoms with E-state index in [1.807, 2.05) is 18.8 Å². The fraction of sp³-hybridized carbons (Fsp3) is 0.438. The van der Waals surface area contributed by atoms with Crippen molar-refractivity contribution in [2.45, 2.75) is 32.7 Å². The number of benzene rings is 1. The van der Waals surface area contributed by atoms with Crippen LogP contribution in [0, 0.1) is 6.92 Å². The average molecular weight is 336 g/mol. The van der Waals surface area contributed by atoms with Gasteiger partial charge in [-0.1, -0.05) is 31.2 Å². The Labute approximate surface area is 129 Å². The van der Waals surface area contributed by atoms with Gasteiger partial charge in [0.1, 0.15) is 0 Å². The Morgan fingerprint density at radius 2 is 2.05 bits per heavy atom. The molecule has 2 aromatic rings. The zero-order valence-electron chi connectivity index (χ0n) is 12.6. The summed E-state index contributed by atoms with van der Waals surface area (Å²) < 4.78 is 3.14. The second kappa shape index (κ2) is 6.55. The van der Waals surface area contributed by atoms with E-state index in [1.165, 1.54) is 16.8 Å². The third-order valence-corrected chi connectivity index (χ3v) is 4.73. The molecular weight excluding hydrogens is 314 g/mol. The number of halogens is 1. The lowest BCUT2D eigenvalue weighted by molar-refractivity contribution is 0.557. The van der Waals surface area contributed by atoms with Gasteiger partial charge in [0.25, 0.3) is 0 Å². The lowest BCUT2D eigenvalue weighted by Crippen LogP contribution is -2.21. The van der Waals surface area contributed by atoms with Crippen molar-refractivity contribution in [2.75, 3.05) is 7.05 Å². The van der Waals surface area contributed by atoms with Crippen molar-refractivity contribution in [3.05, 3.63) is 51.3 Å². The van der Waals surface area contributed by atoms with Crippen LogP contribution in [0.4, 0.5) is 0 Å². The molecule has 0 saturated carbocycles. The molecule has 1 aromatic heterocycles. The number of likely N-dealkylation sites (N-methyl/N-ethyl adjacent to an activating group) is 1. The summed E-state index contributed by atoms with van der Waals surface area (Å²) in [6.07, 6.45) is 1.87. The maximum absolute atomic E-state index is 4.57. The minimum absolute atomic E-state index is 0.299. The molecule has 0 amide bonds. The first kappa shape index (κ1) is 15.3. The van der Waals surface area contributed by atoms with E-state index < -0.39 is 0 Å². The lowest BCUT2D eigenvalue weighted by Gasteiger charge is -2.19. The fourth-order valence-electron chi connectivity index (χ4n) is 2.58. The van der Waals surface area contributed by atoms with Crippen LogP contribution in [0.3, 0.4) is 0 Å². The van der Waals surface area contributed by atoms with Gasteiger partial charge in [0.05, 0.1) is 15.9 Å². The quantitative estimate of drug-likeness (QED) is 0.905. The second-order valence-corrected chi connectivity index (χ2v) is 5.88. The number of hydrogen-bond acceptors (Lipinski definition) is 2. The minimum atomic E-state index is 0.299. The predicted octanol–water partition coefficient (Wildman–Crippen LogP) is 3.56. The number of aromatic nitrogens is 2. The smallest absolute Gasteiger partial charge is 0.0766 e. The van der Waals surface area contributed by atoms with Gasteiger partial charge in [-0.3, -0.25) is 4.68 Å². The molecule has 0 bridgehead atoms. The molecule has 0 saturated heterocycles. The molecule has 1 unspecified atom stereocenters. The largest absolute Gasteiger partial charge is 0.313 e. The molecule has 20 heavy (non-hydrogen) atoms. The third-order valence-electron chi connectivity index (χ3n) is 3.81. The number of nitrogens with one attached hydrogen (secondary N) is 1. The van der Waals surface area contributed by atoms with E-state index in [0.29, 0.717) is 6.04 Å². The Bertz CT molecular complexity index is 589. The van der Waals surface area contributed by atoms with Gasteiger partial charge in [-0.05, 0) is 47.4 Å². The normalized spacial score (nSPS) is 12.7. The van der Waals surface area contributed by atoms with E-state index in [0.717, 1.165) is 23.0 Å². The van der Waals surface area contributed by atoms with Gasteiger partial charge >= 0.3 is 0 Å². The highest BCUT2D eigenvalue weighted by Crippen LogP contribution is 2.27. The summed E-state index contributed by atoms with van der Waals surface area (Å²) >= 11 is 3.70. The molecule has 2 rings (SSSR count). The number of aryl methyl sites for hydroxylation is 3. The SMILES string of the molecule is CCc1nn(C)c(CC(NC)c2ccccc2C)c1Br. The Hall–Kier alpha value is -1.13. The van der Waals surface area contributed by atoms with E-state index in [1.54, 1.807) is 0 Å². The average Bonchev–Trinajstić information content (AvgIpc) is 2.72. The van der Waals surface area contributed by atoms with Crippen LogP contribution in [-0.2, 0) is 19.9 Å². The Morgan fingerprint density at radius 1 is 1.35 bits per heavy atom. The summed E-state index contributed by atoms with van der Waals surface area (Å²) in [5.41, 5.74) is 5.04. The number of hydrogen-bond donors (Lipinski definition) is 1. The topological polar surface area (TPSA) is 29.9 Å². The zero-order valence-corrected chi connectivity index (χ0v) is 14.2. The first-order valence-corrected chi connectivity index (χ1v) is 7.80. The Kier molecular flexibility index (Phi) is 5.00. The first-order valence-electron chi connectivity index (χ1n) is 7.01. The van der Waals surface area contributed by atoms with E-state index >= 15 is 0 Å². The molecule has 1 atom stereocenters. The lowest BCUT2D eigenvalue weighted by atomic mass is 9.97. The van der Waals surface area contributed by atoms with Crippen LogP contribution in [0.1, 0.15) is 35.5 Å². The van der Waals surface area contributed by atoms with Crippen molar-refractivity contribution >= 4 is 15.9 Å². The fourth-order valence-corrected chi connectivity index (χ4v) is 3.36. The van der Waals surface area contributed by atoms with Crippen LogP contribution in [0.25, 0.3) is 0 Å². The molecule has 0 radical (unpaired) electrons. The molecule has 0 fully saturated rings. The summed E-state index contributed by atoms with van der Waals surface area (Å²) in [6, 6.07) is 8.84. The van der Waals surface area contributed by atoms with Crippen molar-refractivity contribution in [2.24, 2.45) is 7.05 Å². The summed E-state index contributed by atoms with van der Waals surface area (Å²) in [7, 11) is 4.03. The molecular formula is C16H22BrN3. The molecule has 1 heterocycles. The van der Waals surface area contributed by atoms with E-state index in [9.17, 15) is 0 Å². The third kappa shape index (κ3) is 2.96. The highest BCUT2D eigenvalue weighted by atomic mass is 79.9. The Balaban J connectivity index is 2.32. The molecule has 0 spiro atoms. The molecule has 1 N–H and O–H groups in total. The summed E-state index contributed by atoms with van der Waals surface area (Å²) in [5.74, 6) is 0. The molecule has 0 aliphatic heterocycles. The molecule has 108 valence electrons. The molecule has 0 aliphatic rings. The first-order chi connectivity index (χ1) is 9.58. The van der Waals surface area contributed by atoms with Crippen LogP contribution in [0.5, 0.6) is 0 Å². The Morgan fingerprint density at radius 3 is 2.60 bits per heavy atom. The van der Waals surface area contributed by atoms with Crippen molar-refractivity contribution in [1.29, 1.82) is 0 Å². The molecule has 0 aliphatic carbocycles. The van der Waals surface area contributed by atoms with E-state index in [2.05, 4.69) is 64.5 Å². The van der Waals surface area contributed by atoms with E-state index in [4.69, 9.17) is 0 Å². The zero-order chi connectivity index (χ0) is 14.7. The van der Waals surface area contributed by atoms with Crippen LogP contribution in [0.2, 0.25) is 0 Å². The van der Waals surface area contributed by atoms with Gasteiger partial charge in [-0.2, -0.15) is 5.10 Å². The van der Waals surface area contributed by atoms with Gasteiger partial charge < -0.3 is 5.32 Å². The van der Waals surface area contributed by atoms with E-state index in [-0.39, 0.29) is 0 Å². The predicted molar refractivity (Wildman–Crippen MR) is 87.0 cm³/mol. The van der Waals surface area contributed by atoms with Crippen LogP contribution in [-0.4, -0.2) is 16.8 Å². The van der Waals surface area contributed by atoms with Gasteiger partial charge in [-0.25, -0.2) is 0 Å². The van der Waals surface area contributed by atoms with Crippen molar-refractivity contribution < 1.29 is 0 Å². The summed E-state index contributed by atoms with van der Waals surface area (Å²) in [6.45, 7) is 4.29. The highest BCUT2D eigenvalue weighted by Gasteiger charge is 2.18. The van der Waals surface area contributed by atoms with Crippen LogP contribution >= 0.6 is 15.9 Å². The summed E-state index contributed by atoms with van der Waals surface area (Å²) in [5, 5.41) is 8.00. The van der Waals surface area contributed by atoms with Gasteiger partial charge in [0, 0.05) is 19.5 Å². The van der Waals surface area contributed by atoms with Crippen LogP contribution < -0.4 is 5.32 Å². The minimum Gasteiger partial charge on any atom is -0.313 e. The van der Waals surface area contributed by atoms with Crippen LogP contribution in [0.15, 0.2) is 28.7 Å². The van der Waals surface area contributed by atoms with Crippen molar-refractivity contribution in [1.82, 2.24) is 15.1 Å². The standard InChI is InChI=1S/C16H22BrN3/c1-5-13-16(17)15(20(4)19-13)10-14(18-3)12-9-7-6-8-11(12)2/h6-9,14,18H,5,10H2,1-4H3. The molecule has 3 nitrogen and oxygen atoms in total. The van der Waals surface area contributed by atoms with Crippen molar-refractivity contribution in [3.63, 3.8) is 0 Å². The second-order valence-electron chi connectivity index (χ2n) is 5.09. The number of nitrogens with zero attached hydrogens (tertiary/aromatic N) is 2. The molecule has 1 aromatic carbocycles. The van der Waals surface area contributed by atoms with Gasteiger partial charge in [-0.15, -0.1) is 0 Å². The van der Waals surface area contributed by atoms with Crippen molar-refractivity contribution in [3.8, 4) is 0 Å². The highest BCUT2D eigenvalue weighted by molar-refractivity contribution is 9.10. The van der Waals surface area contributed by atoms with Gasteiger partial charge in [0.15, 0.2) is 0 Å². The monoisotopic (exact) mass is 335 g/mol. The molecule has 4 heteroatoms. The van der Waals surface area contributed by atoms with Gasteiger partial charge in [0.2, 0.25) is 0 Å².